The van der Waals surface area contributed by atoms with Crippen LogP contribution in [0.3, 0.4) is 0 Å². The van der Waals surface area contributed by atoms with Crippen molar-refractivity contribution in [3.63, 3.8) is 0 Å². The molecule has 2 nitrogen and oxygen atoms in total. The Kier molecular flexibility index (Phi) is 4.62. The van der Waals surface area contributed by atoms with Gasteiger partial charge in [0.05, 0.1) is 16.8 Å². The molecule has 1 unspecified atom stereocenters. The third-order valence-electron chi connectivity index (χ3n) is 2.96. The Morgan fingerprint density at radius 3 is 2.60 bits per heavy atom. The van der Waals surface area contributed by atoms with Crippen LogP contribution in [0.1, 0.15) is 43.1 Å². The average molecular weight is 358 g/mol. The molecule has 1 N–H and O–H groups in total. The zero-order valence-corrected chi connectivity index (χ0v) is 14.1. The van der Waals surface area contributed by atoms with Crippen LogP contribution in [-0.2, 0) is 11.8 Å². The number of thiazole rings is 1. The number of nitrogens with zero attached hydrogens (tertiary/aromatic N) is 1. The lowest BCUT2D eigenvalue weighted by Crippen LogP contribution is -2.12. The van der Waals surface area contributed by atoms with Crippen LogP contribution in [0.2, 0.25) is 0 Å². The first-order valence-corrected chi connectivity index (χ1v) is 8.02. The zero-order valence-electron chi connectivity index (χ0n) is 11.7. The topological polar surface area (TPSA) is 33.1 Å². The van der Waals surface area contributed by atoms with Gasteiger partial charge in [0.2, 0.25) is 0 Å². The van der Waals surface area contributed by atoms with Gasteiger partial charge in [-0.2, -0.15) is 0 Å². The van der Waals surface area contributed by atoms with Crippen molar-refractivity contribution in [1.82, 2.24) is 4.98 Å². The van der Waals surface area contributed by atoms with Gasteiger partial charge in [0, 0.05) is 21.7 Å². The van der Waals surface area contributed by atoms with E-state index in [0.29, 0.717) is 16.5 Å². The first kappa shape index (κ1) is 15.6. The van der Waals surface area contributed by atoms with Crippen LogP contribution in [0.15, 0.2) is 28.1 Å². The van der Waals surface area contributed by atoms with E-state index >= 15 is 0 Å². The van der Waals surface area contributed by atoms with Gasteiger partial charge < -0.3 is 5.11 Å². The minimum Gasteiger partial charge on any atom is -0.388 e. The van der Waals surface area contributed by atoms with Crippen LogP contribution in [0, 0.1) is 5.82 Å². The third-order valence-corrected chi connectivity index (χ3v) is 4.29. The standard InChI is InChI=1S/C15H17BrFNOS/c1-15(2,3)13-8-20-14(18-13)7-12(19)9-4-10(16)6-11(17)5-9/h4-6,8,12,19H,7H2,1-3H3. The maximum atomic E-state index is 13.3. The molecule has 0 saturated heterocycles. The van der Waals surface area contributed by atoms with Gasteiger partial charge in [-0.15, -0.1) is 11.3 Å². The van der Waals surface area contributed by atoms with Gasteiger partial charge in [0.1, 0.15) is 5.82 Å². The Hall–Kier alpha value is -0.780. The summed E-state index contributed by atoms with van der Waals surface area (Å²) in [6.45, 7) is 6.31. The number of hydrogen-bond donors (Lipinski definition) is 1. The van der Waals surface area contributed by atoms with Gasteiger partial charge in [-0.1, -0.05) is 36.7 Å². The molecule has 2 aromatic rings. The SMILES string of the molecule is CC(C)(C)c1csc(CC(O)c2cc(F)cc(Br)c2)n1. The highest BCUT2D eigenvalue weighted by Gasteiger charge is 2.19. The van der Waals surface area contributed by atoms with Crippen LogP contribution >= 0.6 is 27.3 Å². The maximum Gasteiger partial charge on any atom is 0.124 e. The predicted octanol–water partition coefficient (Wildman–Crippen LogP) is 4.62. The second-order valence-electron chi connectivity index (χ2n) is 5.80. The second kappa shape index (κ2) is 5.92. The van der Waals surface area contributed by atoms with Crippen molar-refractivity contribution in [2.24, 2.45) is 0 Å². The summed E-state index contributed by atoms with van der Waals surface area (Å²) in [4.78, 5) is 4.54. The van der Waals surface area contributed by atoms with Crippen molar-refractivity contribution < 1.29 is 9.50 Å². The number of rotatable bonds is 3. The average Bonchev–Trinajstić information content (AvgIpc) is 2.75. The summed E-state index contributed by atoms with van der Waals surface area (Å²) in [5, 5.41) is 13.1. The van der Waals surface area contributed by atoms with E-state index in [2.05, 4.69) is 41.7 Å². The van der Waals surface area contributed by atoms with Crippen molar-refractivity contribution in [3.05, 3.63) is 50.1 Å². The summed E-state index contributed by atoms with van der Waals surface area (Å²) in [5.41, 5.74) is 1.58. The Balaban J connectivity index is 2.15. The van der Waals surface area contributed by atoms with Crippen LogP contribution in [0.4, 0.5) is 4.39 Å². The highest BCUT2D eigenvalue weighted by molar-refractivity contribution is 9.10. The van der Waals surface area contributed by atoms with Crippen LogP contribution in [0.25, 0.3) is 0 Å². The van der Waals surface area contributed by atoms with Crippen molar-refractivity contribution in [1.29, 1.82) is 0 Å². The lowest BCUT2D eigenvalue weighted by Gasteiger charge is -2.14. The molecule has 2 rings (SSSR count). The Bertz CT molecular complexity index is 586. The molecular weight excluding hydrogens is 341 g/mol. The smallest absolute Gasteiger partial charge is 0.124 e. The zero-order chi connectivity index (χ0) is 14.9. The van der Waals surface area contributed by atoms with Gasteiger partial charge in [-0.3, -0.25) is 0 Å². The highest BCUT2D eigenvalue weighted by Crippen LogP contribution is 2.28. The fourth-order valence-electron chi connectivity index (χ4n) is 1.80. The van der Waals surface area contributed by atoms with Gasteiger partial charge in [0.15, 0.2) is 0 Å². The third kappa shape index (κ3) is 3.87. The van der Waals surface area contributed by atoms with Crippen molar-refractivity contribution in [2.75, 3.05) is 0 Å². The molecule has 108 valence electrons. The summed E-state index contributed by atoms with van der Waals surface area (Å²) >= 11 is 4.76. The summed E-state index contributed by atoms with van der Waals surface area (Å²) in [6.07, 6.45) is -0.350. The molecule has 0 saturated carbocycles. The molecule has 0 aliphatic heterocycles. The number of aromatic nitrogens is 1. The van der Waals surface area contributed by atoms with Gasteiger partial charge in [0.25, 0.3) is 0 Å². The van der Waals surface area contributed by atoms with E-state index in [9.17, 15) is 9.50 Å². The van der Waals surface area contributed by atoms with Crippen LogP contribution < -0.4 is 0 Å². The van der Waals surface area contributed by atoms with E-state index in [4.69, 9.17) is 0 Å². The van der Waals surface area contributed by atoms with Gasteiger partial charge in [-0.25, -0.2) is 9.37 Å². The molecule has 1 atom stereocenters. The largest absolute Gasteiger partial charge is 0.388 e. The molecule has 20 heavy (non-hydrogen) atoms. The van der Waals surface area contributed by atoms with E-state index in [1.165, 1.54) is 23.5 Å². The molecule has 1 heterocycles. The molecule has 1 aromatic carbocycles. The van der Waals surface area contributed by atoms with Crippen molar-refractivity contribution >= 4 is 27.3 Å². The predicted molar refractivity (Wildman–Crippen MR) is 83.6 cm³/mol. The fourth-order valence-corrected chi connectivity index (χ4v) is 3.34. The lowest BCUT2D eigenvalue weighted by atomic mass is 9.93. The van der Waals surface area contributed by atoms with E-state index in [1.54, 1.807) is 6.07 Å². The van der Waals surface area contributed by atoms with Crippen molar-refractivity contribution in [3.8, 4) is 0 Å². The van der Waals surface area contributed by atoms with E-state index in [0.717, 1.165) is 10.7 Å². The Labute approximate surface area is 130 Å². The number of aliphatic hydroxyl groups is 1. The van der Waals surface area contributed by atoms with Gasteiger partial charge >= 0.3 is 0 Å². The minimum atomic E-state index is -0.749. The van der Waals surface area contributed by atoms with Crippen molar-refractivity contribution in [2.45, 2.75) is 38.7 Å². The van der Waals surface area contributed by atoms with E-state index < -0.39 is 6.10 Å². The maximum absolute atomic E-state index is 13.3. The Morgan fingerprint density at radius 2 is 2.05 bits per heavy atom. The Morgan fingerprint density at radius 1 is 1.35 bits per heavy atom. The number of benzene rings is 1. The molecule has 0 fully saturated rings. The number of aliphatic hydroxyl groups excluding tert-OH is 1. The summed E-state index contributed by atoms with van der Waals surface area (Å²) < 4.78 is 14.0. The summed E-state index contributed by atoms with van der Waals surface area (Å²) in [6, 6.07) is 4.46. The molecule has 5 heteroatoms. The molecule has 0 bridgehead atoms. The quantitative estimate of drug-likeness (QED) is 0.869. The normalized spacial score (nSPS) is 13.5. The van der Waals surface area contributed by atoms with Crippen LogP contribution in [0.5, 0.6) is 0 Å². The molecule has 0 amide bonds. The number of halogens is 2. The molecule has 0 aliphatic carbocycles. The number of hydrogen-bond acceptors (Lipinski definition) is 3. The van der Waals surface area contributed by atoms with Gasteiger partial charge in [-0.05, 0) is 23.8 Å². The molecule has 1 aromatic heterocycles. The molecule has 0 aliphatic rings. The highest BCUT2D eigenvalue weighted by atomic mass is 79.9. The summed E-state index contributed by atoms with van der Waals surface area (Å²) in [7, 11) is 0. The minimum absolute atomic E-state index is 0.00157. The first-order chi connectivity index (χ1) is 9.25. The van der Waals surface area contributed by atoms with E-state index in [-0.39, 0.29) is 11.2 Å². The molecule has 0 radical (unpaired) electrons. The molecular formula is C15H17BrFNOS. The molecule has 0 spiro atoms. The van der Waals surface area contributed by atoms with Crippen LogP contribution in [-0.4, -0.2) is 10.1 Å². The van der Waals surface area contributed by atoms with E-state index in [1.807, 2.05) is 5.38 Å². The first-order valence-electron chi connectivity index (χ1n) is 6.34. The summed E-state index contributed by atoms with van der Waals surface area (Å²) in [5.74, 6) is -0.358. The monoisotopic (exact) mass is 357 g/mol. The lowest BCUT2D eigenvalue weighted by molar-refractivity contribution is 0.177. The second-order valence-corrected chi connectivity index (χ2v) is 7.66. The fraction of sp³-hybridized carbons (Fsp3) is 0.400.